The molecular weight excluding hydrogens is 306 g/mol. The number of hydrogen-bond acceptors (Lipinski definition) is 3. The van der Waals surface area contributed by atoms with Crippen LogP contribution in [-0.4, -0.2) is 59.2 Å². The number of benzene rings is 1. The molecule has 6 nitrogen and oxygen atoms in total. The van der Waals surface area contributed by atoms with Gasteiger partial charge >= 0.3 is 0 Å². The number of nitrogens with one attached hydrogen (secondary N) is 1. The third-order valence-electron chi connectivity index (χ3n) is 4.60. The predicted molar refractivity (Wildman–Crippen MR) is 89.2 cm³/mol. The molecule has 0 unspecified atom stereocenters. The van der Waals surface area contributed by atoms with Crippen molar-refractivity contribution in [3.8, 4) is 0 Å². The zero-order valence-electron chi connectivity index (χ0n) is 14.1. The molecule has 2 atom stereocenters. The average molecular weight is 329 g/mol. The Balaban J connectivity index is 1.72. The first kappa shape index (κ1) is 16.5. The Morgan fingerprint density at radius 1 is 1.21 bits per heavy atom. The number of carbonyl (C=O) groups is 3. The Hall–Kier alpha value is -2.37. The lowest BCUT2D eigenvalue weighted by atomic mass is 9.97. The maximum Gasteiger partial charge on any atom is 0.253 e. The van der Waals surface area contributed by atoms with E-state index in [4.69, 9.17) is 0 Å². The van der Waals surface area contributed by atoms with Crippen LogP contribution in [0.25, 0.3) is 0 Å². The summed E-state index contributed by atoms with van der Waals surface area (Å²) < 4.78 is 0. The summed E-state index contributed by atoms with van der Waals surface area (Å²) in [6.45, 7) is 5.17. The SMILES string of the molecule is CC(C)C[C@H]1NC(=O)[C@H]2CN(C(=O)c3ccccc3)CCN2C1=O. The van der Waals surface area contributed by atoms with Crippen molar-refractivity contribution in [2.75, 3.05) is 19.6 Å². The molecule has 3 amide bonds. The third-order valence-corrected chi connectivity index (χ3v) is 4.60. The van der Waals surface area contributed by atoms with Crippen molar-refractivity contribution in [2.45, 2.75) is 32.4 Å². The zero-order chi connectivity index (χ0) is 17.3. The van der Waals surface area contributed by atoms with Crippen LogP contribution in [0.1, 0.15) is 30.6 Å². The normalized spacial score (nSPS) is 24.0. The summed E-state index contributed by atoms with van der Waals surface area (Å²) >= 11 is 0. The third kappa shape index (κ3) is 3.13. The van der Waals surface area contributed by atoms with Crippen LogP contribution in [0.15, 0.2) is 30.3 Å². The van der Waals surface area contributed by atoms with Crippen LogP contribution >= 0.6 is 0 Å². The van der Waals surface area contributed by atoms with E-state index < -0.39 is 12.1 Å². The van der Waals surface area contributed by atoms with Crippen LogP contribution in [0, 0.1) is 5.92 Å². The Morgan fingerprint density at radius 3 is 2.58 bits per heavy atom. The van der Waals surface area contributed by atoms with Gasteiger partial charge in [0.2, 0.25) is 11.8 Å². The van der Waals surface area contributed by atoms with E-state index in [1.54, 1.807) is 21.9 Å². The summed E-state index contributed by atoms with van der Waals surface area (Å²) in [5.74, 6) is 0.0440. The van der Waals surface area contributed by atoms with Crippen LogP contribution < -0.4 is 5.32 Å². The van der Waals surface area contributed by atoms with Gasteiger partial charge in [-0.25, -0.2) is 0 Å². The molecule has 6 heteroatoms. The molecule has 0 bridgehead atoms. The quantitative estimate of drug-likeness (QED) is 0.895. The minimum Gasteiger partial charge on any atom is -0.342 e. The summed E-state index contributed by atoms with van der Waals surface area (Å²) in [6, 6.07) is 8.00. The van der Waals surface area contributed by atoms with Gasteiger partial charge in [-0.1, -0.05) is 32.0 Å². The minimum atomic E-state index is -0.581. The molecular formula is C18H23N3O3. The summed E-state index contributed by atoms with van der Waals surface area (Å²) in [5.41, 5.74) is 0.603. The van der Waals surface area contributed by atoms with E-state index in [1.165, 1.54) is 0 Å². The Morgan fingerprint density at radius 2 is 1.92 bits per heavy atom. The number of amides is 3. The summed E-state index contributed by atoms with van der Waals surface area (Å²) in [5, 5.41) is 2.83. The molecule has 2 saturated heterocycles. The lowest BCUT2D eigenvalue weighted by Crippen LogP contribution is -2.69. The first-order valence-corrected chi connectivity index (χ1v) is 8.42. The number of rotatable bonds is 3. The molecule has 2 heterocycles. The van der Waals surface area contributed by atoms with Gasteiger partial charge < -0.3 is 15.1 Å². The number of fused-ring (bicyclic) bond motifs is 1. The van der Waals surface area contributed by atoms with Crippen molar-refractivity contribution >= 4 is 17.7 Å². The van der Waals surface area contributed by atoms with Crippen molar-refractivity contribution in [3.63, 3.8) is 0 Å². The lowest BCUT2D eigenvalue weighted by molar-refractivity contribution is -0.152. The fourth-order valence-electron chi connectivity index (χ4n) is 3.38. The molecule has 0 radical (unpaired) electrons. The first-order chi connectivity index (χ1) is 11.5. The van der Waals surface area contributed by atoms with Gasteiger partial charge in [-0.2, -0.15) is 0 Å². The van der Waals surface area contributed by atoms with E-state index in [9.17, 15) is 14.4 Å². The standard InChI is InChI=1S/C18H23N3O3/c1-12(2)10-14-18(24)21-9-8-20(11-15(21)16(22)19-14)17(23)13-6-4-3-5-7-13/h3-7,12,14-15H,8-11H2,1-2H3,(H,19,22)/t14-,15-/m1/s1. The number of piperazine rings is 2. The van der Waals surface area contributed by atoms with Crippen molar-refractivity contribution in [1.82, 2.24) is 15.1 Å². The molecule has 128 valence electrons. The maximum atomic E-state index is 12.6. The van der Waals surface area contributed by atoms with Crippen LogP contribution in [0.3, 0.4) is 0 Å². The number of hydrogen-bond donors (Lipinski definition) is 1. The van der Waals surface area contributed by atoms with E-state index in [0.717, 1.165) is 0 Å². The van der Waals surface area contributed by atoms with Gasteiger partial charge in [0.15, 0.2) is 0 Å². The largest absolute Gasteiger partial charge is 0.342 e. The van der Waals surface area contributed by atoms with Gasteiger partial charge in [-0.3, -0.25) is 14.4 Å². The average Bonchev–Trinajstić information content (AvgIpc) is 2.58. The topological polar surface area (TPSA) is 69.7 Å². The molecule has 2 aliphatic heterocycles. The van der Waals surface area contributed by atoms with Crippen molar-refractivity contribution < 1.29 is 14.4 Å². The smallest absolute Gasteiger partial charge is 0.253 e. The minimum absolute atomic E-state index is 0.0277. The lowest BCUT2D eigenvalue weighted by Gasteiger charge is -2.45. The molecule has 2 fully saturated rings. The highest BCUT2D eigenvalue weighted by molar-refractivity contribution is 5.99. The van der Waals surface area contributed by atoms with Crippen LogP contribution in [0.4, 0.5) is 0 Å². The second-order valence-corrected chi connectivity index (χ2v) is 6.86. The van der Waals surface area contributed by atoms with Crippen molar-refractivity contribution in [3.05, 3.63) is 35.9 Å². The molecule has 24 heavy (non-hydrogen) atoms. The van der Waals surface area contributed by atoms with Crippen LogP contribution in [0.2, 0.25) is 0 Å². The second kappa shape index (κ2) is 6.63. The molecule has 2 aliphatic rings. The van der Waals surface area contributed by atoms with Crippen LogP contribution in [-0.2, 0) is 9.59 Å². The second-order valence-electron chi connectivity index (χ2n) is 6.86. The highest BCUT2D eigenvalue weighted by Crippen LogP contribution is 2.20. The van der Waals surface area contributed by atoms with Gasteiger partial charge in [0.1, 0.15) is 12.1 Å². The Kier molecular flexibility index (Phi) is 4.55. The van der Waals surface area contributed by atoms with E-state index >= 15 is 0 Å². The highest BCUT2D eigenvalue weighted by Gasteiger charge is 2.44. The van der Waals surface area contributed by atoms with E-state index in [-0.39, 0.29) is 24.3 Å². The predicted octanol–water partition coefficient (Wildman–Crippen LogP) is 0.884. The summed E-state index contributed by atoms with van der Waals surface area (Å²) in [6.07, 6.45) is 0.639. The monoisotopic (exact) mass is 329 g/mol. The van der Waals surface area contributed by atoms with E-state index in [0.29, 0.717) is 31.0 Å². The van der Waals surface area contributed by atoms with Gasteiger partial charge in [0.25, 0.3) is 5.91 Å². The summed E-state index contributed by atoms with van der Waals surface area (Å²) in [4.78, 5) is 40.9. The fourth-order valence-corrected chi connectivity index (χ4v) is 3.38. The zero-order valence-corrected chi connectivity index (χ0v) is 14.1. The van der Waals surface area contributed by atoms with E-state index in [1.807, 2.05) is 32.0 Å². The molecule has 1 N–H and O–H groups in total. The molecule has 0 aromatic heterocycles. The number of nitrogens with zero attached hydrogens (tertiary/aromatic N) is 2. The van der Waals surface area contributed by atoms with Gasteiger partial charge in [0.05, 0.1) is 6.54 Å². The van der Waals surface area contributed by atoms with Gasteiger partial charge in [-0.05, 0) is 24.5 Å². The van der Waals surface area contributed by atoms with E-state index in [2.05, 4.69) is 5.32 Å². The summed E-state index contributed by atoms with van der Waals surface area (Å²) in [7, 11) is 0. The van der Waals surface area contributed by atoms with Gasteiger partial charge in [-0.15, -0.1) is 0 Å². The first-order valence-electron chi connectivity index (χ1n) is 8.42. The Bertz CT molecular complexity index is 644. The molecule has 3 rings (SSSR count). The molecule has 0 aliphatic carbocycles. The highest BCUT2D eigenvalue weighted by atomic mass is 16.2. The van der Waals surface area contributed by atoms with Crippen molar-refractivity contribution in [1.29, 1.82) is 0 Å². The van der Waals surface area contributed by atoms with Gasteiger partial charge in [0, 0.05) is 18.7 Å². The fraction of sp³-hybridized carbons (Fsp3) is 0.500. The molecule has 0 spiro atoms. The molecule has 0 saturated carbocycles. The molecule has 1 aromatic carbocycles. The maximum absolute atomic E-state index is 12.6. The molecule has 1 aromatic rings. The van der Waals surface area contributed by atoms with Crippen molar-refractivity contribution in [2.24, 2.45) is 5.92 Å². The van der Waals surface area contributed by atoms with Crippen LogP contribution in [0.5, 0.6) is 0 Å². The Labute approximate surface area is 141 Å². The number of carbonyl (C=O) groups excluding carboxylic acids is 3.